The van der Waals surface area contributed by atoms with Gasteiger partial charge in [-0.15, -0.1) is 0 Å². The van der Waals surface area contributed by atoms with E-state index in [1.165, 1.54) is 29.6 Å². The fraction of sp³-hybridized carbons (Fsp3) is 0.278. The Balaban J connectivity index is 1.92. The summed E-state index contributed by atoms with van der Waals surface area (Å²) in [6.07, 6.45) is 0. The van der Waals surface area contributed by atoms with Crippen LogP contribution in [0.3, 0.4) is 0 Å². The van der Waals surface area contributed by atoms with Gasteiger partial charge >= 0.3 is 5.97 Å². The predicted octanol–water partition coefficient (Wildman–Crippen LogP) is 2.54. The van der Waals surface area contributed by atoms with Crippen LogP contribution in [0, 0.1) is 3.57 Å². The zero-order valence-electron chi connectivity index (χ0n) is 14.6. The van der Waals surface area contributed by atoms with Gasteiger partial charge in [0, 0.05) is 16.7 Å². The number of benzene rings is 2. The molecule has 0 radical (unpaired) electrons. The van der Waals surface area contributed by atoms with Gasteiger partial charge in [0.15, 0.2) is 0 Å². The minimum Gasteiger partial charge on any atom is -0.496 e. The zero-order chi connectivity index (χ0) is 19.4. The van der Waals surface area contributed by atoms with E-state index in [-0.39, 0.29) is 29.3 Å². The van der Waals surface area contributed by atoms with E-state index in [1.807, 2.05) is 6.07 Å². The topological polar surface area (TPSA) is 82.1 Å². The molecule has 0 unspecified atom stereocenters. The van der Waals surface area contributed by atoms with Crippen molar-refractivity contribution in [1.82, 2.24) is 4.31 Å². The summed E-state index contributed by atoms with van der Waals surface area (Å²) in [4.78, 5) is 12.6. The van der Waals surface area contributed by atoms with E-state index < -0.39 is 16.0 Å². The molecule has 3 rings (SSSR count). The summed E-state index contributed by atoms with van der Waals surface area (Å²) in [6, 6.07) is 11.2. The summed E-state index contributed by atoms with van der Waals surface area (Å²) in [6.45, 7) is 1.24. The average Bonchev–Trinajstić information content (AvgIpc) is 2.68. The molecule has 2 aromatic carbocycles. The van der Waals surface area contributed by atoms with Crippen molar-refractivity contribution in [3.8, 4) is 11.5 Å². The minimum atomic E-state index is -3.73. The molecule has 0 spiro atoms. The van der Waals surface area contributed by atoms with Gasteiger partial charge in [0.2, 0.25) is 10.0 Å². The lowest BCUT2D eigenvalue weighted by atomic mass is 10.2. The smallest absolute Gasteiger partial charge is 0.347 e. The Bertz CT molecular complexity index is 941. The summed E-state index contributed by atoms with van der Waals surface area (Å²) in [7, 11) is -2.32. The molecule has 1 aliphatic rings. The van der Waals surface area contributed by atoms with E-state index in [0.717, 1.165) is 3.57 Å². The second-order valence-electron chi connectivity index (χ2n) is 5.73. The highest BCUT2D eigenvalue weighted by Gasteiger charge is 2.28. The van der Waals surface area contributed by atoms with Crippen molar-refractivity contribution in [2.45, 2.75) is 4.90 Å². The summed E-state index contributed by atoms with van der Waals surface area (Å²) in [5.41, 5.74) is 0.0469. The van der Waals surface area contributed by atoms with Gasteiger partial charge in [-0.3, -0.25) is 0 Å². The summed E-state index contributed by atoms with van der Waals surface area (Å²) >= 11 is 2.11. The fourth-order valence-corrected chi connectivity index (χ4v) is 4.58. The third-order valence-corrected chi connectivity index (χ3v) is 6.57. The van der Waals surface area contributed by atoms with Gasteiger partial charge in [0.25, 0.3) is 0 Å². The summed E-state index contributed by atoms with van der Waals surface area (Å²) < 4.78 is 43.7. The average molecular weight is 503 g/mol. The molecule has 2 aromatic rings. The maximum atomic E-state index is 12.8. The molecule has 0 saturated carbocycles. The molecule has 0 N–H and O–H groups in total. The first-order chi connectivity index (χ1) is 12.9. The van der Waals surface area contributed by atoms with Gasteiger partial charge in [0.05, 0.1) is 25.2 Å². The Morgan fingerprint density at radius 2 is 1.89 bits per heavy atom. The van der Waals surface area contributed by atoms with Crippen molar-refractivity contribution in [3.63, 3.8) is 0 Å². The third-order valence-electron chi connectivity index (χ3n) is 4.01. The molecule has 0 aliphatic carbocycles. The van der Waals surface area contributed by atoms with Crippen LogP contribution in [-0.4, -0.2) is 52.1 Å². The van der Waals surface area contributed by atoms with Gasteiger partial charge < -0.3 is 14.2 Å². The van der Waals surface area contributed by atoms with Gasteiger partial charge in [-0.25, -0.2) is 13.2 Å². The third kappa shape index (κ3) is 4.60. The van der Waals surface area contributed by atoms with Crippen LogP contribution >= 0.6 is 22.6 Å². The number of esters is 1. The van der Waals surface area contributed by atoms with Gasteiger partial charge in [-0.05, 0) is 59.0 Å². The first kappa shape index (κ1) is 20.1. The lowest BCUT2D eigenvalue weighted by Crippen LogP contribution is -2.40. The number of rotatable bonds is 5. The molecule has 27 heavy (non-hydrogen) atoms. The van der Waals surface area contributed by atoms with Crippen molar-refractivity contribution in [3.05, 3.63) is 51.6 Å². The Labute approximate surface area is 171 Å². The second-order valence-corrected chi connectivity index (χ2v) is 8.91. The zero-order valence-corrected chi connectivity index (χ0v) is 17.5. The molecule has 9 heteroatoms. The number of ether oxygens (including phenoxy) is 3. The molecule has 0 aromatic heterocycles. The van der Waals surface area contributed by atoms with E-state index in [1.54, 1.807) is 18.2 Å². The molecule has 144 valence electrons. The molecule has 0 amide bonds. The predicted molar refractivity (Wildman–Crippen MR) is 107 cm³/mol. The van der Waals surface area contributed by atoms with Crippen LogP contribution < -0.4 is 9.47 Å². The molecule has 0 atom stereocenters. The van der Waals surface area contributed by atoms with Crippen molar-refractivity contribution in [1.29, 1.82) is 0 Å². The Hall–Kier alpha value is -1.69. The number of morpholine rings is 1. The highest BCUT2D eigenvalue weighted by Crippen LogP contribution is 2.27. The summed E-state index contributed by atoms with van der Waals surface area (Å²) in [5, 5.41) is 0. The van der Waals surface area contributed by atoms with Crippen LogP contribution in [0.1, 0.15) is 10.4 Å². The van der Waals surface area contributed by atoms with Crippen LogP contribution in [0.25, 0.3) is 0 Å². The van der Waals surface area contributed by atoms with E-state index in [9.17, 15) is 13.2 Å². The van der Waals surface area contributed by atoms with Gasteiger partial charge in [-0.1, -0.05) is 6.07 Å². The molecular formula is C18H18INO6S. The number of hydrogen-bond acceptors (Lipinski definition) is 6. The van der Waals surface area contributed by atoms with Gasteiger partial charge in [-0.2, -0.15) is 4.31 Å². The quantitative estimate of drug-likeness (QED) is 0.355. The van der Waals surface area contributed by atoms with E-state index in [0.29, 0.717) is 19.0 Å². The Morgan fingerprint density at radius 3 is 2.56 bits per heavy atom. The first-order valence-electron chi connectivity index (χ1n) is 8.15. The van der Waals surface area contributed by atoms with Crippen LogP contribution in [-0.2, 0) is 14.8 Å². The molecule has 1 saturated heterocycles. The highest BCUT2D eigenvalue weighted by molar-refractivity contribution is 14.1. The Morgan fingerprint density at radius 1 is 1.15 bits per heavy atom. The first-order valence-corrected chi connectivity index (χ1v) is 10.7. The highest BCUT2D eigenvalue weighted by atomic mass is 127. The maximum Gasteiger partial charge on any atom is 0.347 e. The number of halogens is 1. The molecule has 1 fully saturated rings. The van der Waals surface area contributed by atoms with Crippen LogP contribution in [0.2, 0.25) is 0 Å². The molecule has 1 aliphatic heterocycles. The van der Waals surface area contributed by atoms with Crippen molar-refractivity contribution in [2.75, 3.05) is 33.4 Å². The summed E-state index contributed by atoms with van der Waals surface area (Å²) in [5.74, 6) is -0.0742. The normalized spacial score (nSPS) is 15.3. The number of carbonyl (C=O) groups is 1. The van der Waals surface area contributed by atoms with Crippen LogP contribution in [0.4, 0.5) is 0 Å². The number of sulfonamides is 1. The number of methoxy groups -OCH3 is 1. The van der Waals surface area contributed by atoms with Gasteiger partial charge in [0.1, 0.15) is 17.1 Å². The van der Waals surface area contributed by atoms with E-state index in [4.69, 9.17) is 14.2 Å². The molecule has 0 bridgehead atoms. The SMILES string of the molecule is COc1ccc(S(=O)(=O)N2CCOCC2)cc1C(=O)Oc1cccc(I)c1. The minimum absolute atomic E-state index is 0.0137. The number of carbonyl (C=O) groups excluding carboxylic acids is 1. The Kier molecular flexibility index (Phi) is 6.35. The van der Waals surface area contributed by atoms with E-state index in [2.05, 4.69) is 22.6 Å². The van der Waals surface area contributed by atoms with Crippen molar-refractivity contribution in [2.24, 2.45) is 0 Å². The molecular weight excluding hydrogens is 485 g/mol. The van der Waals surface area contributed by atoms with Crippen molar-refractivity contribution < 1.29 is 27.4 Å². The molecule has 1 heterocycles. The van der Waals surface area contributed by atoms with Crippen LogP contribution in [0.15, 0.2) is 47.4 Å². The fourth-order valence-electron chi connectivity index (χ4n) is 2.64. The van der Waals surface area contributed by atoms with Crippen molar-refractivity contribution >= 4 is 38.6 Å². The largest absolute Gasteiger partial charge is 0.496 e. The lowest BCUT2D eigenvalue weighted by Gasteiger charge is -2.26. The molecule has 7 nitrogen and oxygen atoms in total. The maximum absolute atomic E-state index is 12.8. The monoisotopic (exact) mass is 503 g/mol. The number of hydrogen-bond donors (Lipinski definition) is 0. The second kappa shape index (κ2) is 8.55. The van der Waals surface area contributed by atoms with Crippen LogP contribution in [0.5, 0.6) is 11.5 Å². The lowest BCUT2D eigenvalue weighted by molar-refractivity contribution is 0.0725. The number of nitrogens with zero attached hydrogens (tertiary/aromatic N) is 1. The standard InChI is InChI=1S/C18H18INO6S/c1-24-17-6-5-15(27(22,23)20-7-9-25-10-8-20)12-16(17)18(21)26-14-4-2-3-13(19)11-14/h2-6,11-12H,7-10H2,1H3. The van der Waals surface area contributed by atoms with E-state index >= 15 is 0 Å².